The second-order valence-electron chi connectivity index (χ2n) is 7.27. The van der Waals surface area contributed by atoms with Crippen molar-refractivity contribution in [2.75, 3.05) is 5.75 Å². The van der Waals surface area contributed by atoms with Crippen molar-refractivity contribution < 1.29 is 39.0 Å². The second-order valence-corrected chi connectivity index (χ2v) is 7.63. The Kier molecular flexibility index (Phi) is 11.5. The van der Waals surface area contributed by atoms with Crippen LogP contribution < -0.4 is 27.4 Å². The molecule has 1 rings (SSSR count). The third kappa shape index (κ3) is 9.87. The Bertz CT molecular complexity index is 913. The summed E-state index contributed by atoms with van der Waals surface area (Å²) in [6.45, 7) is 0. The van der Waals surface area contributed by atoms with E-state index in [1.807, 2.05) is 0 Å². The standard InChI is InChI=1S/C20H27N5O8S/c21-11(7-16(27)28)17(29)23-13(8-15(22)26)19(31)24-12(6-10-4-2-1-3-5-10)18(30)25-14(9-34)20(32)33/h1-5,11-14,34H,6-9,21H2,(H2,22,26)(H,23,29)(H,24,31)(H,25,30)(H,27,28)(H,32,33). The molecule has 0 aliphatic rings. The van der Waals surface area contributed by atoms with Gasteiger partial charge in [-0.3, -0.25) is 24.0 Å². The topological polar surface area (TPSA) is 231 Å². The third-order valence-corrected chi connectivity index (χ3v) is 4.85. The van der Waals surface area contributed by atoms with Gasteiger partial charge >= 0.3 is 11.9 Å². The van der Waals surface area contributed by atoms with Crippen LogP contribution in [0, 0.1) is 0 Å². The highest BCUT2D eigenvalue weighted by Crippen LogP contribution is 2.06. The Balaban J connectivity index is 3.09. The molecule has 186 valence electrons. The SMILES string of the molecule is NC(=O)CC(NC(=O)C(N)CC(=O)O)C(=O)NC(Cc1ccccc1)C(=O)NC(CS)C(=O)O. The fraction of sp³-hybridized carbons (Fsp3) is 0.400. The zero-order valence-corrected chi connectivity index (χ0v) is 18.9. The highest BCUT2D eigenvalue weighted by molar-refractivity contribution is 7.80. The van der Waals surface area contributed by atoms with Crippen molar-refractivity contribution >= 4 is 48.2 Å². The monoisotopic (exact) mass is 497 g/mol. The highest BCUT2D eigenvalue weighted by Gasteiger charge is 2.31. The largest absolute Gasteiger partial charge is 0.481 e. The number of carboxylic acid groups (broad SMARTS) is 2. The number of carbonyl (C=O) groups excluding carboxylic acids is 4. The van der Waals surface area contributed by atoms with Gasteiger partial charge in [-0.25, -0.2) is 4.79 Å². The maximum Gasteiger partial charge on any atom is 0.327 e. The molecule has 14 heteroatoms. The summed E-state index contributed by atoms with van der Waals surface area (Å²) in [5, 5.41) is 24.7. The first-order valence-corrected chi connectivity index (χ1v) is 10.6. The van der Waals surface area contributed by atoms with Gasteiger partial charge in [0.1, 0.15) is 18.1 Å². The molecule has 0 saturated carbocycles. The van der Waals surface area contributed by atoms with Crippen LogP contribution in [0.2, 0.25) is 0 Å². The van der Waals surface area contributed by atoms with E-state index in [1.54, 1.807) is 30.3 Å². The van der Waals surface area contributed by atoms with Gasteiger partial charge in [-0.05, 0) is 5.56 Å². The van der Waals surface area contributed by atoms with E-state index >= 15 is 0 Å². The molecule has 0 aliphatic heterocycles. The van der Waals surface area contributed by atoms with E-state index in [0.717, 1.165) is 0 Å². The van der Waals surface area contributed by atoms with Gasteiger partial charge in [0.15, 0.2) is 0 Å². The Morgan fingerprint density at radius 3 is 1.85 bits per heavy atom. The van der Waals surface area contributed by atoms with Gasteiger partial charge in [0, 0.05) is 12.2 Å². The van der Waals surface area contributed by atoms with Crippen LogP contribution in [0.3, 0.4) is 0 Å². The molecule has 13 nitrogen and oxygen atoms in total. The van der Waals surface area contributed by atoms with Crippen molar-refractivity contribution in [1.82, 2.24) is 16.0 Å². The number of hydrogen-bond acceptors (Lipinski definition) is 8. The maximum absolute atomic E-state index is 12.9. The molecule has 4 amide bonds. The number of hydrogen-bond donors (Lipinski definition) is 8. The molecule has 4 unspecified atom stereocenters. The van der Waals surface area contributed by atoms with Crippen LogP contribution in [-0.4, -0.2) is 75.7 Å². The van der Waals surface area contributed by atoms with Gasteiger partial charge < -0.3 is 37.6 Å². The second kappa shape index (κ2) is 13.8. The van der Waals surface area contributed by atoms with Crippen LogP contribution >= 0.6 is 12.6 Å². The minimum absolute atomic E-state index is 0.0485. The number of carboxylic acids is 2. The fourth-order valence-electron chi connectivity index (χ4n) is 2.76. The molecule has 0 fully saturated rings. The minimum atomic E-state index is -1.56. The van der Waals surface area contributed by atoms with Crippen LogP contribution in [0.15, 0.2) is 30.3 Å². The lowest BCUT2D eigenvalue weighted by molar-refractivity contribution is -0.141. The predicted octanol–water partition coefficient (Wildman–Crippen LogP) is -2.62. The zero-order valence-electron chi connectivity index (χ0n) is 18.0. The molecular formula is C20H27N5O8S. The highest BCUT2D eigenvalue weighted by atomic mass is 32.1. The molecule has 4 atom stereocenters. The number of benzene rings is 1. The first-order valence-electron chi connectivity index (χ1n) is 9.99. The summed E-state index contributed by atoms with van der Waals surface area (Å²) in [5.74, 6) is -6.70. The summed E-state index contributed by atoms with van der Waals surface area (Å²) in [7, 11) is 0. The van der Waals surface area contributed by atoms with Gasteiger partial charge in [-0.15, -0.1) is 0 Å². The first-order chi connectivity index (χ1) is 15.9. The summed E-state index contributed by atoms with van der Waals surface area (Å²) < 4.78 is 0. The van der Waals surface area contributed by atoms with Crippen LogP contribution in [-0.2, 0) is 35.2 Å². The molecule has 0 heterocycles. The van der Waals surface area contributed by atoms with Crippen LogP contribution in [0.5, 0.6) is 0 Å². The van der Waals surface area contributed by atoms with Gasteiger partial charge in [-0.2, -0.15) is 12.6 Å². The molecule has 0 saturated heterocycles. The summed E-state index contributed by atoms with van der Waals surface area (Å²) in [6, 6.07) is 2.78. The third-order valence-electron chi connectivity index (χ3n) is 4.48. The van der Waals surface area contributed by atoms with Crippen molar-refractivity contribution in [3.8, 4) is 0 Å². The van der Waals surface area contributed by atoms with Gasteiger partial charge in [-0.1, -0.05) is 30.3 Å². The quantitative estimate of drug-likeness (QED) is 0.125. The molecule has 1 aromatic rings. The lowest BCUT2D eigenvalue weighted by atomic mass is 10.0. The molecule has 0 spiro atoms. The number of amides is 4. The number of carbonyl (C=O) groups is 6. The molecular weight excluding hydrogens is 470 g/mol. The first kappa shape index (κ1) is 28.4. The Morgan fingerprint density at radius 2 is 1.35 bits per heavy atom. The number of nitrogens with one attached hydrogen (secondary N) is 3. The van der Waals surface area contributed by atoms with Crippen molar-refractivity contribution in [1.29, 1.82) is 0 Å². The molecule has 34 heavy (non-hydrogen) atoms. The van der Waals surface area contributed by atoms with E-state index < -0.39 is 72.6 Å². The Hall–Kier alpha value is -3.65. The smallest absolute Gasteiger partial charge is 0.327 e. The van der Waals surface area contributed by atoms with Crippen LogP contribution in [0.4, 0.5) is 0 Å². The summed E-state index contributed by atoms with van der Waals surface area (Å²) in [4.78, 5) is 71.2. The zero-order chi connectivity index (χ0) is 25.8. The minimum Gasteiger partial charge on any atom is -0.481 e. The normalized spacial score (nSPS) is 14.1. The van der Waals surface area contributed by atoms with Crippen molar-refractivity contribution in [3.05, 3.63) is 35.9 Å². The van der Waals surface area contributed by atoms with Crippen LogP contribution in [0.25, 0.3) is 0 Å². The number of primary amides is 1. The molecule has 0 aliphatic carbocycles. The average Bonchev–Trinajstić information content (AvgIpc) is 2.75. The van der Waals surface area contributed by atoms with Gasteiger partial charge in [0.05, 0.1) is 18.9 Å². The number of aliphatic carboxylic acids is 2. The maximum atomic E-state index is 12.9. The van der Waals surface area contributed by atoms with Crippen molar-refractivity contribution in [2.45, 2.75) is 43.4 Å². The number of thiol groups is 1. The van der Waals surface area contributed by atoms with Crippen molar-refractivity contribution in [3.63, 3.8) is 0 Å². The lowest BCUT2D eigenvalue weighted by Gasteiger charge is -2.24. The summed E-state index contributed by atoms with van der Waals surface area (Å²) in [6.07, 6.45) is -1.44. The summed E-state index contributed by atoms with van der Waals surface area (Å²) in [5.41, 5.74) is 11.3. The number of rotatable bonds is 14. The molecule has 0 aromatic heterocycles. The van der Waals surface area contributed by atoms with Crippen LogP contribution in [0.1, 0.15) is 18.4 Å². The molecule has 0 bridgehead atoms. The number of nitrogens with two attached hydrogens (primary N) is 2. The lowest BCUT2D eigenvalue weighted by Crippen LogP contribution is -2.58. The fourth-order valence-corrected chi connectivity index (χ4v) is 3.01. The van der Waals surface area contributed by atoms with E-state index in [2.05, 4.69) is 28.6 Å². The average molecular weight is 498 g/mol. The summed E-state index contributed by atoms with van der Waals surface area (Å²) >= 11 is 3.88. The predicted molar refractivity (Wildman–Crippen MR) is 121 cm³/mol. The van der Waals surface area contributed by atoms with E-state index in [9.17, 15) is 33.9 Å². The Labute approximate surface area is 200 Å². The van der Waals surface area contributed by atoms with Gasteiger partial charge in [0.2, 0.25) is 23.6 Å². The van der Waals surface area contributed by atoms with E-state index in [0.29, 0.717) is 5.56 Å². The van der Waals surface area contributed by atoms with E-state index in [4.69, 9.17) is 16.6 Å². The Morgan fingerprint density at radius 1 is 0.824 bits per heavy atom. The molecule has 9 N–H and O–H groups in total. The van der Waals surface area contributed by atoms with E-state index in [1.165, 1.54) is 0 Å². The van der Waals surface area contributed by atoms with E-state index in [-0.39, 0.29) is 12.2 Å². The van der Waals surface area contributed by atoms with Gasteiger partial charge in [0.25, 0.3) is 0 Å². The molecule has 1 aromatic carbocycles. The van der Waals surface area contributed by atoms with Crippen molar-refractivity contribution in [2.24, 2.45) is 11.5 Å². The molecule has 0 radical (unpaired) electrons.